The van der Waals surface area contributed by atoms with E-state index in [-0.39, 0.29) is 0 Å². The molecule has 10 aromatic rings. The Hall–Kier alpha value is -6.16. The maximum atomic E-state index is 6.65. The smallest absolute Gasteiger partial charge is 0.144 e. The Bertz CT molecular complexity index is 2710. The van der Waals surface area contributed by atoms with Crippen LogP contribution in [0.3, 0.4) is 0 Å². The number of benzene rings is 8. The molecule has 2 aromatic heterocycles. The fourth-order valence-electron chi connectivity index (χ4n) is 7.31. The highest BCUT2D eigenvalue weighted by Gasteiger charge is 2.19. The maximum absolute atomic E-state index is 6.65. The van der Waals surface area contributed by atoms with Gasteiger partial charge >= 0.3 is 0 Å². The van der Waals surface area contributed by atoms with Crippen molar-refractivity contribution in [2.45, 2.75) is 0 Å². The molecule has 0 atom stereocenters. The van der Waals surface area contributed by atoms with E-state index in [1.807, 2.05) is 11.3 Å². The van der Waals surface area contributed by atoms with Crippen LogP contribution >= 0.6 is 11.3 Å². The molecule has 2 heterocycles. The number of hydrogen-bond donors (Lipinski definition) is 0. The first-order chi connectivity index (χ1) is 24.3. The summed E-state index contributed by atoms with van der Waals surface area (Å²) >= 11 is 1.82. The number of fused-ring (bicyclic) bond motifs is 9. The Morgan fingerprint density at radius 2 is 0.959 bits per heavy atom. The van der Waals surface area contributed by atoms with Gasteiger partial charge < -0.3 is 9.32 Å². The molecule has 0 amide bonds. The molecule has 2 nitrogen and oxygen atoms in total. The van der Waals surface area contributed by atoms with Gasteiger partial charge in [0.2, 0.25) is 0 Å². The molecule has 0 aliphatic rings. The van der Waals surface area contributed by atoms with Crippen LogP contribution in [0.1, 0.15) is 0 Å². The van der Waals surface area contributed by atoms with Gasteiger partial charge in [-0.15, -0.1) is 11.3 Å². The van der Waals surface area contributed by atoms with Crippen molar-refractivity contribution in [1.29, 1.82) is 0 Å². The van der Waals surface area contributed by atoms with Crippen LogP contribution in [-0.4, -0.2) is 0 Å². The molecule has 0 fully saturated rings. The molecule has 0 aliphatic carbocycles. The summed E-state index contributed by atoms with van der Waals surface area (Å²) in [4.78, 5) is 2.36. The van der Waals surface area contributed by atoms with Gasteiger partial charge in [-0.1, -0.05) is 121 Å². The minimum absolute atomic E-state index is 0.932. The third-order valence-electron chi connectivity index (χ3n) is 9.67. The number of nitrogens with zero attached hydrogens (tertiary/aromatic N) is 1. The van der Waals surface area contributed by atoms with Crippen LogP contribution < -0.4 is 4.90 Å². The van der Waals surface area contributed by atoms with Gasteiger partial charge in [-0.3, -0.25) is 0 Å². The summed E-state index contributed by atoms with van der Waals surface area (Å²) in [6, 6.07) is 63.1. The zero-order valence-electron chi connectivity index (χ0n) is 26.5. The fourth-order valence-corrected chi connectivity index (χ4v) is 8.44. The van der Waals surface area contributed by atoms with E-state index >= 15 is 0 Å². The minimum atomic E-state index is 0.932. The van der Waals surface area contributed by atoms with Gasteiger partial charge in [0.15, 0.2) is 0 Å². The molecule has 0 saturated carbocycles. The van der Waals surface area contributed by atoms with Crippen molar-refractivity contribution in [2.24, 2.45) is 0 Å². The van der Waals surface area contributed by atoms with Crippen molar-refractivity contribution < 1.29 is 4.42 Å². The molecule has 0 radical (unpaired) electrons. The lowest BCUT2D eigenvalue weighted by Gasteiger charge is -2.26. The Morgan fingerprint density at radius 3 is 1.63 bits per heavy atom. The average Bonchev–Trinajstić information content (AvgIpc) is 3.74. The highest BCUT2D eigenvalue weighted by molar-refractivity contribution is 7.26. The number of furan rings is 1. The molecular formula is C46H29NOS. The van der Waals surface area contributed by atoms with Crippen molar-refractivity contribution in [1.82, 2.24) is 0 Å². The van der Waals surface area contributed by atoms with E-state index in [2.05, 4.69) is 181 Å². The summed E-state index contributed by atoms with van der Waals surface area (Å²) in [6.07, 6.45) is 0. The van der Waals surface area contributed by atoms with Gasteiger partial charge in [0.1, 0.15) is 11.2 Å². The molecule has 10 rings (SSSR count). The first kappa shape index (κ1) is 27.9. The quantitative estimate of drug-likeness (QED) is 0.186. The van der Waals surface area contributed by atoms with E-state index in [9.17, 15) is 0 Å². The summed E-state index contributed by atoms with van der Waals surface area (Å²) < 4.78 is 9.11. The third-order valence-corrected chi connectivity index (χ3v) is 10.8. The van der Waals surface area contributed by atoms with Crippen LogP contribution in [0.15, 0.2) is 180 Å². The van der Waals surface area contributed by atoms with Crippen molar-refractivity contribution in [3.63, 3.8) is 0 Å². The molecule has 49 heavy (non-hydrogen) atoms. The predicted molar refractivity (Wildman–Crippen MR) is 210 cm³/mol. The van der Waals surface area contributed by atoms with Crippen LogP contribution in [0, 0.1) is 0 Å². The number of hydrogen-bond acceptors (Lipinski definition) is 3. The lowest BCUT2D eigenvalue weighted by atomic mass is 10.0. The van der Waals surface area contributed by atoms with E-state index in [1.165, 1.54) is 64.0 Å². The molecular weight excluding hydrogens is 615 g/mol. The van der Waals surface area contributed by atoms with E-state index in [4.69, 9.17) is 4.42 Å². The van der Waals surface area contributed by atoms with Crippen LogP contribution in [0.2, 0.25) is 0 Å². The highest BCUT2D eigenvalue weighted by Crippen LogP contribution is 2.46. The Morgan fingerprint density at radius 1 is 0.388 bits per heavy atom. The van der Waals surface area contributed by atoms with Crippen LogP contribution in [-0.2, 0) is 0 Å². The Balaban J connectivity index is 1.13. The SMILES string of the molecule is c1ccc(-c2ccc(N(c3ccc(-c4ccccc4)cc3)c3ccc4c(c3)sc3ccc5c(oc6ccc7ccccc7c65)c34)cc2)cc1. The van der Waals surface area contributed by atoms with Crippen LogP contribution in [0.5, 0.6) is 0 Å². The van der Waals surface area contributed by atoms with E-state index in [0.29, 0.717) is 0 Å². The normalized spacial score (nSPS) is 11.7. The van der Waals surface area contributed by atoms with E-state index in [0.717, 1.165) is 28.2 Å². The molecule has 0 N–H and O–H groups in total. The van der Waals surface area contributed by atoms with Crippen molar-refractivity contribution >= 4 is 81.3 Å². The lowest BCUT2D eigenvalue weighted by molar-refractivity contribution is 0.673. The molecule has 0 unspecified atom stereocenters. The standard InChI is InChI=1S/C46H29NOS/c1-3-9-30(10-4-1)32-15-20-35(21-16-32)47(36-22-17-33(18-23-36)31-11-5-2-6-12-31)37-24-25-39-43(29-37)49-42-28-26-40-44-38-14-8-7-13-34(38)19-27-41(44)48-46(40)45(39)42/h1-29H. The second-order valence-corrected chi connectivity index (χ2v) is 13.6. The van der Waals surface area contributed by atoms with Gasteiger partial charge in [0.05, 0.1) is 0 Å². The summed E-state index contributed by atoms with van der Waals surface area (Å²) in [5.74, 6) is 0. The Kier molecular flexibility index (Phi) is 6.39. The van der Waals surface area contributed by atoms with Gasteiger partial charge in [0, 0.05) is 48.0 Å². The van der Waals surface area contributed by atoms with Crippen molar-refractivity contribution in [3.05, 3.63) is 176 Å². The number of rotatable bonds is 5. The third kappa shape index (κ3) is 4.62. The monoisotopic (exact) mass is 643 g/mol. The summed E-state index contributed by atoms with van der Waals surface area (Å²) in [5, 5.41) is 7.22. The van der Waals surface area contributed by atoms with Crippen molar-refractivity contribution in [2.75, 3.05) is 4.90 Å². The molecule has 230 valence electrons. The molecule has 3 heteroatoms. The minimum Gasteiger partial charge on any atom is -0.455 e. The molecule has 0 bridgehead atoms. The summed E-state index contributed by atoms with van der Waals surface area (Å²) in [7, 11) is 0. The second kappa shape index (κ2) is 11.2. The van der Waals surface area contributed by atoms with Crippen molar-refractivity contribution in [3.8, 4) is 22.3 Å². The van der Waals surface area contributed by atoms with E-state index < -0.39 is 0 Å². The highest BCUT2D eigenvalue weighted by atomic mass is 32.1. The molecule has 0 aliphatic heterocycles. The number of anilines is 3. The van der Waals surface area contributed by atoms with Gasteiger partial charge in [-0.05, 0) is 87.6 Å². The lowest BCUT2D eigenvalue weighted by Crippen LogP contribution is -2.09. The molecule has 0 saturated heterocycles. The van der Waals surface area contributed by atoms with Crippen LogP contribution in [0.4, 0.5) is 17.1 Å². The zero-order chi connectivity index (χ0) is 32.3. The molecule has 0 spiro atoms. The average molecular weight is 644 g/mol. The maximum Gasteiger partial charge on any atom is 0.144 e. The van der Waals surface area contributed by atoms with Gasteiger partial charge in [0.25, 0.3) is 0 Å². The molecule has 8 aromatic carbocycles. The first-order valence-corrected chi connectivity index (χ1v) is 17.4. The second-order valence-electron chi connectivity index (χ2n) is 12.5. The fraction of sp³-hybridized carbons (Fsp3) is 0. The van der Waals surface area contributed by atoms with E-state index in [1.54, 1.807) is 0 Å². The predicted octanol–water partition coefficient (Wildman–Crippen LogP) is 13.9. The first-order valence-electron chi connectivity index (χ1n) is 16.6. The topological polar surface area (TPSA) is 16.4 Å². The largest absolute Gasteiger partial charge is 0.455 e. The zero-order valence-corrected chi connectivity index (χ0v) is 27.3. The summed E-state index contributed by atoms with van der Waals surface area (Å²) in [6.45, 7) is 0. The van der Waals surface area contributed by atoms with Gasteiger partial charge in [-0.25, -0.2) is 0 Å². The van der Waals surface area contributed by atoms with Crippen LogP contribution in [0.25, 0.3) is 75.1 Å². The van der Waals surface area contributed by atoms with Gasteiger partial charge in [-0.2, -0.15) is 0 Å². The summed E-state index contributed by atoms with van der Waals surface area (Å²) in [5.41, 5.74) is 10.1. The Labute approximate surface area is 287 Å². The number of thiophene rings is 1.